The maximum atomic E-state index is 6.34. The normalized spacial score (nSPS) is 10.7. The van der Waals surface area contributed by atoms with Crippen LogP contribution in [0, 0.1) is 0 Å². The minimum Gasteiger partial charge on any atom is -0.257 e. The number of halogens is 1. The molecule has 0 N–H and O–H groups in total. The van der Waals surface area contributed by atoms with Gasteiger partial charge in [-0.2, -0.15) is 5.10 Å². The molecule has 0 unspecified atom stereocenters. The Morgan fingerprint density at radius 2 is 2.00 bits per heavy atom. The Balaban J connectivity index is 2.54. The van der Waals surface area contributed by atoms with Crippen LogP contribution in [0.15, 0.2) is 35.4 Å². The molecule has 0 saturated carbocycles. The van der Waals surface area contributed by atoms with Crippen molar-refractivity contribution in [2.45, 2.75) is 18.5 Å². The smallest absolute Gasteiger partial charge is 0.113 e. The van der Waals surface area contributed by atoms with Crippen LogP contribution in [0.3, 0.4) is 0 Å². The zero-order valence-electron chi connectivity index (χ0n) is 9.27. The monoisotopic (exact) mass is 252 g/mol. The molecule has 4 heteroatoms. The molecule has 1 heterocycles. The molecule has 0 saturated heterocycles. The van der Waals surface area contributed by atoms with E-state index in [0.29, 0.717) is 0 Å². The fourth-order valence-corrected chi connectivity index (χ4v) is 2.75. The largest absolute Gasteiger partial charge is 0.257 e. The quantitative estimate of drug-likeness (QED) is 0.770. The van der Waals surface area contributed by atoms with Crippen molar-refractivity contribution in [1.29, 1.82) is 0 Å². The molecule has 1 aromatic heterocycles. The van der Waals surface area contributed by atoms with Crippen LogP contribution < -0.4 is 0 Å². The van der Waals surface area contributed by atoms with Gasteiger partial charge in [0.05, 0.1) is 0 Å². The summed E-state index contributed by atoms with van der Waals surface area (Å²) >= 11 is 7.97. The first-order chi connectivity index (χ1) is 7.77. The third kappa shape index (κ3) is 1.97. The average Bonchev–Trinajstić information content (AvgIpc) is 2.66. The van der Waals surface area contributed by atoms with Crippen molar-refractivity contribution in [1.82, 2.24) is 9.78 Å². The van der Waals surface area contributed by atoms with E-state index in [1.54, 1.807) is 11.8 Å². The lowest BCUT2D eigenvalue weighted by atomic mass is 10.2. The fourth-order valence-electron chi connectivity index (χ4n) is 1.61. The first-order valence-corrected chi connectivity index (χ1v) is 6.74. The summed E-state index contributed by atoms with van der Waals surface area (Å²) in [4.78, 5) is 0. The van der Waals surface area contributed by atoms with Crippen molar-refractivity contribution in [3.05, 3.63) is 35.4 Å². The van der Waals surface area contributed by atoms with Crippen molar-refractivity contribution in [2.75, 3.05) is 6.26 Å². The standard InChI is InChI=1S/C12H13ClN2S/c1-3-15-12(16-2)10(13)11(14-15)9-7-5-4-6-8-9/h4-8H,3H2,1-2H3. The number of thioether (sulfide) groups is 1. The third-order valence-electron chi connectivity index (χ3n) is 2.39. The van der Waals surface area contributed by atoms with Crippen LogP contribution in [0.25, 0.3) is 11.3 Å². The Hall–Kier alpha value is -0.930. The number of aromatic nitrogens is 2. The van der Waals surface area contributed by atoms with Gasteiger partial charge in [0.25, 0.3) is 0 Å². The maximum absolute atomic E-state index is 6.34. The number of rotatable bonds is 3. The Bertz CT molecular complexity index is 479. The number of hydrogen-bond donors (Lipinski definition) is 0. The number of benzene rings is 1. The highest BCUT2D eigenvalue weighted by Crippen LogP contribution is 2.34. The summed E-state index contributed by atoms with van der Waals surface area (Å²) in [5, 5.41) is 6.31. The highest BCUT2D eigenvalue weighted by atomic mass is 35.5. The Morgan fingerprint density at radius 1 is 1.31 bits per heavy atom. The highest BCUT2D eigenvalue weighted by molar-refractivity contribution is 7.98. The lowest BCUT2D eigenvalue weighted by Gasteiger charge is -1.99. The van der Waals surface area contributed by atoms with Gasteiger partial charge in [0.15, 0.2) is 0 Å². The van der Waals surface area contributed by atoms with Crippen molar-refractivity contribution >= 4 is 23.4 Å². The average molecular weight is 253 g/mol. The van der Waals surface area contributed by atoms with E-state index in [9.17, 15) is 0 Å². The van der Waals surface area contributed by atoms with E-state index in [0.717, 1.165) is 27.9 Å². The lowest BCUT2D eigenvalue weighted by molar-refractivity contribution is 0.608. The van der Waals surface area contributed by atoms with Crippen LogP contribution in [-0.4, -0.2) is 16.0 Å². The molecule has 0 radical (unpaired) electrons. The molecular formula is C12H13ClN2S. The molecule has 0 fully saturated rings. The molecule has 1 aromatic carbocycles. The second-order valence-electron chi connectivity index (χ2n) is 3.35. The Labute approximate surface area is 105 Å². The Kier molecular flexibility index (Phi) is 3.56. The number of hydrogen-bond acceptors (Lipinski definition) is 2. The minimum atomic E-state index is 0.751. The first-order valence-electron chi connectivity index (χ1n) is 5.13. The van der Waals surface area contributed by atoms with Gasteiger partial charge in [0.1, 0.15) is 15.7 Å². The van der Waals surface area contributed by atoms with Crippen LogP contribution in [-0.2, 0) is 6.54 Å². The van der Waals surface area contributed by atoms with Crippen molar-refractivity contribution in [2.24, 2.45) is 0 Å². The molecule has 0 spiro atoms. The fraction of sp³-hybridized carbons (Fsp3) is 0.250. The number of nitrogens with zero attached hydrogens (tertiary/aromatic N) is 2. The van der Waals surface area contributed by atoms with Gasteiger partial charge in [-0.3, -0.25) is 4.68 Å². The summed E-state index contributed by atoms with van der Waals surface area (Å²) in [5.74, 6) is 0. The van der Waals surface area contributed by atoms with Crippen LogP contribution in [0.2, 0.25) is 5.02 Å². The lowest BCUT2D eigenvalue weighted by Crippen LogP contribution is -1.97. The van der Waals surface area contributed by atoms with Crippen LogP contribution in [0.4, 0.5) is 0 Å². The topological polar surface area (TPSA) is 17.8 Å². The van der Waals surface area contributed by atoms with E-state index in [4.69, 9.17) is 11.6 Å². The van der Waals surface area contributed by atoms with Gasteiger partial charge in [0, 0.05) is 12.1 Å². The molecule has 84 valence electrons. The minimum absolute atomic E-state index is 0.751. The molecule has 2 rings (SSSR count). The molecule has 2 nitrogen and oxygen atoms in total. The van der Waals surface area contributed by atoms with E-state index in [2.05, 4.69) is 12.0 Å². The second-order valence-corrected chi connectivity index (χ2v) is 4.53. The van der Waals surface area contributed by atoms with Gasteiger partial charge in [-0.25, -0.2) is 0 Å². The summed E-state index contributed by atoms with van der Waals surface area (Å²) in [6.45, 7) is 2.90. The third-order valence-corrected chi connectivity index (χ3v) is 3.66. The molecular weight excluding hydrogens is 240 g/mol. The summed E-state index contributed by atoms with van der Waals surface area (Å²) in [6, 6.07) is 10.0. The zero-order valence-corrected chi connectivity index (χ0v) is 10.8. The first kappa shape index (κ1) is 11.6. The molecule has 2 aromatic rings. The second kappa shape index (κ2) is 4.93. The van der Waals surface area contributed by atoms with E-state index in [1.807, 2.05) is 41.3 Å². The predicted octanol–water partition coefficient (Wildman–Crippen LogP) is 3.95. The summed E-state index contributed by atoms with van der Waals surface area (Å²) in [5.41, 5.74) is 1.93. The molecule has 0 aliphatic rings. The summed E-state index contributed by atoms with van der Waals surface area (Å²) < 4.78 is 1.94. The molecule has 0 bridgehead atoms. The van der Waals surface area contributed by atoms with Gasteiger partial charge in [-0.1, -0.05) is 41.9 Å². The summed E-state index contributed by atoms with van der Waals surface area (Å²) in [6.07, 6.45) is 2.02. The van der Waals surface area contributed by atoms with Crippen molar-refractivity contribution in [3.8, 4) is 11.3 Å². The zero-order chi connectivity index (χ0) is 11.5. The molecule has 16 heavy (non-hydrogen) atoms. The van der Waals surface area contributed by atoms with Gasteiger partial charge in [-0.15, -0.1) is 11.8 Å². The molecule has 0 aliphatic carbocycles. The summed E-state index contributed by atoms with van der Waals surface area (Å²) in [7, 11) is 0. The van der Waals surface area contributed by atoms with Crippen molar-refractivity contribution < 1.29 is 0 Å². The van der Waals surface area contributed by atoms with Gasteiger partial charge in [-0.05, 0) is 13.2 Å². The molecule has 0 amide bonds. The molecule has 0 atom stereocenters. The van der Waals surface area contributed by atoms with E-state index in [1.165, 1.54) is 0 Å². The van der Waals surface area contributed by atoms with E-state index in [-0.39, 0.29) is 0 Å². The van der Waals surface area contributed by atoms with Gasteiger partial charge < -0.3 is 0 Å². The van der Waals surface area contributed by atoms with E-state index >= 15 is 0 Å². The van der Waals surface area contributed by atoms with Crippen LogP contribution in [0.5, 0.6) is 0 Å². The van der Waals surface area contributed by atoms with Crippen molar-refractivity contribution in [3.63, 3.8) is 0 Å². The Morgan fingerprint density at radius 3 is 2.50 bits per heavy atom. The maximum Gasteiger partial charge on any atom is 0.113 e. The van der Waals surface area contributed by atoms with Gasteiger partial charge in [0.2, 0.25) is 0 Å². The van der Waals surface area contributed by atoms with Crippen LogP contribution >= 0.6 is 23.4 Å². The predicted molar refractivity (Wildman–Crippen MR) is 70.1 cm³/mol. The SMILES string of the molecule is CCn1nc(-c2ccccc2)c(Cl)c1SC. The van der Waals surface area contributed by atoms with Gasteiger partial charge >= 0.3 is 0 Å². The van der Waals surface area contributed by atoms with E-state index < -0.39 is 0 Å². The van der Waals surface area contributed by atoms with Crippen LogP contribution in [0.1, 0.15) is 6.92 Å². The molecule has 0 aliphatic heterocycles. The number of aryl methyl sites for hydroxylation is 1. The highest BCUT2D eigenvalue weighted by Gasteiger charge is 2.15.